The van der Waals surface area contributed by atoms with E-state index in [9.17, 15) is 9.90 Å². The summed E-state index contributed by atoms with van der Waals surface area (Å²) in [6.07, 6.45) is 4.23. The normalized spacial score (nSPS) is 18.6. The predicted octanol–water partition coefficient (Wildman–Crippen LogP) is 2.05. The molecule has 0 saturated heterocycles. The largest absolute Gasteiger partial charge is 0.493 e. The Hall–Kier alpha value is -1.75. The van der Waals surface area contributed by atoms with E-state index in [1.54, 1.807) is 0 Å². The van der Waals surface area contributed by atoms with Gasteiger partial charge in [0.25, 0.3) is 0 Å². The molecule has 22 heavy (non-hydrogen) atoms. The molecule has 0 bridgehead atoms. The molecule has 2 saturated carbocycles. The monoisotopic (exact) mass is 304 g/mol. The van der Waals surface area contributed by atoms with Crippen LogP contribution < -0.4 is 15.4 Å². The highest BCUT2D eigenvalue weighted by molar-refractivity contribution is 5.73. The summed E-state index contributed by atoms with van der Waals surface area (Å²) in [4.78, 5) is 11.8. The lowest BCUT2D eigenvalue weighted by molar-refractivity contribution is 0.149. The summed E-state index contributed by atoms with van der Waals surface area (Å²) in [5.41, 5.74) is 0.973. The van der Waals surface area contributed by atoms with Crippen LogP contribution in [-0.2, 0) is 6.54 Å². The maximum absolute atomic E-state index is 11.8. The van der Waals surface area contributed by atoms with Gasteiger partial charge < -0.3 is 20.5 Å². The van der Waals surface area contributed by atoms with Gasteiger partial charge in [0.2, 0.25) is 0 Å². The summed E-state index contributed by atoms with van der Waals surface area (Å²) in [5, 5.41) is 15.3. The van der Waals surface area contributed by atoms with Gasteiger partial charge in [0.15, 0.2) is 0 Å². The molecular formula is C17H24N2O3. The number of para-hydroxylation sites is 1. The quantitative estimate of drug-likeness (QED) is 0.688. The molecule has 1 atom stereocenters. The molecule has 0 aromatic heterocycles. The van der Waals surface area contributed by atoms with Gasteiger partial charge in [-0.3, -0.25) is 0 Å². The molecule has 1 aromatic rings. The number of carbonyl (C=O) groups is 1. The van der Waals surface area contributed by atoms with Gasteiger partial charge in [-0.1, -0.05) is 18.2 Å². The van der Waals surface area contributed by atoms with Crippen LogP contribution in [0, 0.1) is 11.8 Å². The fourth-order valence-corrected chi connectivity index (χ4v) is 2.37. The van der Waals surface area contributed by atoms with Gasteiger partial charge in [0, 0.05) is 18.7 Å². The number of urea groups is 1. The first-order valence-electron chi connectivity index (χ1n) is 8.13. The molecule has 1 aromatic carbocycles. The third kappa shape index (κ3) is 4.63. The van der Waals surface area contributed by atoms with Crippen LogP contribution in [0.3, 0.4) is 0 Å². The Bertz CT molecular complexity index is 512. The first-order chi connectivity index (χ1) is 10.7. The molecule has 2 amide bonds. The standard InChI is InChI=1S/C17H24N2O3/c20-15(13-7-8-13)10-19-17(21)18-9-14-3-1-2-4-16(14)22-11-12-5-6-12/h1-4,12-13,15,20H,5-11H2,(H2,18,19,21). The van der Waals surface area contributed by atoms with Gasteiger partial charge in [-0.05, 0) is 43.6 Å². The molecule has 1 unspecified atom stereocenters. The SMILES string of the molecule is O=C(NCc1ccccc1OCC1CC1)NCC(O)C1CC1. The number of ether oxygens (including phenoxy) is 1. The smallest absolute Gasteiger partial charge is 0.315 e. The predicted molar refractivity (Wildman–Crippen MR) is 83.6 cm³/mol. The van der Waals surface area contributed by atoms with Crippen molar-refractivity contribution in [2.24, 2.45) is 11.8 Å². The lowest BCUT2D eigenvalue weighted by Crippen LogP contribution is -2.40. The van der Waals surface area contributed by atoms with Crippen LogP contribution in [0.25, 0.3) is 0 Å². The second-order valence-corrected chi connectivity index (χ2v) is 6.33. The number of hydrogen-bond donors (Lipinski definition) is 3. The molecule has 2 aliphatic rings. The van der Waals surface area contributed by atoms with E-state index in [-0.39, 0.29) is 6.03 Å². The van der Waals surface area contributed by atoms with E-state index in [1.807, 2.05) is 24.3 Å². The van der Waals surface area contributed by atoms with Crippen molar-refractivity contribution in [2.75, 3.05) is 13.2 Å². The zero-order valence-corrected chi connectivity index (χ0v) is 12.8. The molecule has 0 radical (unpaired) electrons. The molecule has 5 heteroatoms. The number of aliphatic hydroxyl groups excluding tert-OH is 1. The van der Waals surface area contributed by atoms with Gasteiger partial charge >= 0.3 is 6.03 Å². The van der Waals surface area contributed by atoms with Gasteiger partial charge in [-0.2, -0.15) is 0 Å². The van der Waals surface area contributed by atoms with E-state index >= 15 is 0 Å². The summed E-state index contributed by atoms with van der Waals surface area (Å²) in [5.74, 6) is 1.91. The third-order valence-electron chi connectivity index (χ3n) is 4.22. The summed E-state index contributed by atoms with van der Waals surface area (Å²) in [6, 6.07) is 7.53. The van der Waals surface area contributed by atoms with Crippen LogP contribution in [0.4, 0.5) is 4.79 Å². The van der Waals surface area contributed by atoms with Crippen LogP contribution in [-0.4, -0.2) is 30.4 Å². The topological polar surface area (TPSA) is 70.6 Å². The van der Waals surface area contributed by atoms with Crippen molar-refractivity contribution >= 4 is 6.03 Å². The summed E-state index contributed by atoms with van der Waals surface area (Å²) in [7, 11) is 0. The Morgan fingerprint density at radius 3 is 2.73 bits per heavy atom. The number of aliphatic hydroxyl groups is 1. The van der Waals surface area contributed by atoms with Gasteiger partial charge in [-0.25, -0.2) is 4.79 Å². The zero-order chi connectivity index (χ0) is 15.4. The maximum atomic E-state index is 11.8. The second kappa shape index (κ2) is 7.01. The van der Waals surface area contributed by atoms with E-state index < -0.39 is 6.10 Å². The second-order valence-electron chi connectivity index (χ2n) is 6.33. The molecule has 5 nitrogen and oxygen atoms in total. The summed E-state index contributed by atoms with van der Waals surface area (Å²) >= 11 is 0. The number of hydrogen-bond acceptors (Lipinski definition) is 3. The highest BCUT2D eigenvalue weighted by atomic mass is 16.5. The minimum Gasteiger partial charge on any atom is -0.493 e. The molecule has 2 fully saturated rings. The first kappa shape index (κ1) is 15.2. The van der Waals surface area contributed by atoms with Gasteiger partial charge in [0.05, 0.1) is 12.7 Å². The van der Waals surface area contributed by atoms with Crippen molar-refractivity contribution in [2.45, 2.75) is 38.3 Å². The van der Waals surface area contributed by atoms with E-state index in [1.165, 1.54) is 12.8 Å². The molecular weight excluding hydrogens is 280 g/mol. The van der Waals surface area contributed by atoms with Crippen molar-refractivity contribution in [3.05, 3.63) is 29.8 Å². The molecule has 120 valence electrons. The Labute approximate surface area is 131 Å². The summed E-state index contributed by atoms with van der Waals surface area (Å²) in [6.45, 7) is 1.50. The Morgan fingerprint density at radius 1 is 1.23 bits per heavy atom. The van der Waals surface area contributed by atoms with Crippen molar-refractivity contribution in [3.63, 3.8) is 0 Å². The average molecular weight is 304 g/mol. The molecule has 0 aliphatic heterocycles. The Kier molecular flexibility index (Phi) is 4.83. The van der Waals surface area contributed by atoms with E-state index in [2.05, 4.69) is 10.6 Å². The van der Waals surface area contributed by atoms with Crippen molar-refractivity contribution in [1.29, 1.82) is 0 Å². The van der Waals surface area contributed by atoms with Crippen molar-refractivity contribution in [1.82, 2.24) is 10.6 Å². The van der Waals surface area contributed by atoms with Crippen LogP contribution in [0.1, 0.15) is 31.2 Å². The maximum Gasteiger partial charge on any atom is 0.315 e. The Balaban J connectivity index is 1.42. The average Bonchev–Trinajstić information content (AvgIpc) is 3.40. The number of benzene rings is 1. The fourth-order valence-electron chi connectivity index (χ4n) is 2.37. The molecule has 2 aliphatic carbocycles. The third-order valence-corrected chi connectivity index (χ3v) is 4.22. The van der Waals surface area contributed by atoms with Gasteiger partial charge in [0.1, 0.15) is 5.75 Å². The molecule has 3 N–H and O–H groups in total. The minimum absolute atomic E-state index is 0.253. The minimum atomic E-state index is -0.417. The zero-order valence-electron chi connectivity index (χ0n) is 12.8. The highest BCUT2D eigenvalue weighted by Crippen LogP contribution is 2.32. The Morgan fingerprint density at radius 2 is 2.00 bits per heavy atom. The number of amides is 2. The van der Waals surface area contributed by atoms with E-state index in [0.717, 1.165) is 30.8 Å². The fraction of sp³-hybridized carbons (Fsp3) is 0.588. The van der Waals surface area contributed by atoms with Crippen LogP contribution in [0.2, 0.25) is 0 Å². The van der Waals surface area contributed by atoms with Crippen molar-refractivity contribution in [3.8, 4) is 5.75 Å². The molecule has 0 heterocycles. The van der Waals surface area contributed by atoms with E-state index in [0.29, 0.717) is 24.9 Å². The molecule has 0 spiro atoms. The number of rotatable bonds is 8. The van der Waals surface area contributed by atoms with E-state index in [4.69, 9.17) is 4.74 Å². The molecule has 3 rings (SSSR count). The van der Waals surface area contributed by atoms with Gasteiger partial charge in [-0.15, -0.1) is 0 Å². The number of nitrogens with one attached hydrogen (secondary N) is 2. The summed E-state index contributed by atoms with van der Waals surface area (Å²) < 4.78 is 5.82. The first-order valence-corrected chi connectivity index (χ1v) is 8.13. The van der Waals surface area contributed by atoms with Crippen molar-refractivity contribution < 1.29 is 14.6 Å². The number of carbonyl (C=O) groups excluding carboxylic acids is 1. The van der Waals surface area contributed by atoms with Crippen LogP contribution in [0.15, 0.2) is 24.3 Å². The van der Waals surface area contributed by atoms with Crippen LogP contribution >= 0.6 is 0 Å². The van der Waals surface area contributed by atoms with Crippen LogP contribution in [0.5, 0.6) is 5.75 Å². The highest BCUT2D eigenvalue weighted by Gasteiger charge is 2.29. The lowest BCUT2D eigenvalue weighted by Gasteiger charge is -2.14. The lowest BCUT2D eigenvalue weighted by atomic mass is 10.2.